The number of primary sulfonamides is 1. The molecule has 0 spiro atoms. The number of nitrogens with one attached hydrogen (secondary N) is 1. The first-order chi connectivity index (χ1) is 9.87. The molecule has 3 N–H and O–H groups in total. The van der Waals surface area contributed by atoms with E-state index in [1.807, 2.05) is 0 Å². The fourth-order valence-electron chi connectivity index (χ4n) is 2.09. The second-order valence-electron chi connectivity index (χ2n) is 4.83. The van der Waals surface area contributed by atoms with Gasteiger partial charge in [-0.2, -0.15) is 5.26 Å². The van der Waals surface area contributed by atoms with E-state index in [2.05, 4.69) is 11.4 Å². The van der Waals surface area contributed by atoms with Crippen LogP contribution in [0.2, 0.25) is 0 Å². The van der Waals surface area contributed by atoms with Crippen LogP contribution in [-0.4, -0.2) is 27.5 Å². The van der Waals surface area contributed by atoms with Crippen LogP contribution >= 0.6 is 0 Å². The number of hydrogen-bond acceptors (Lipinski definition) is 5. The molecule has 1 aromatic carbocycles. The maximum Gasteiger partial charge on any atom is 0.245 e. The van der Waals surface area contributed by atoms with Crippen LogP contribution < -0.4 is 10.5 Å². The third-order valence-corrected chi connectivity index (χ3v) is 4.36. The summed E-state index contributed by atoms with van der Waals surface area (Å²) in [4.78, 5) is 12.2. The van der Waals surface area contributed by atoms with Crippen LogP contribution in [-0.2, 0) is 19.6 Å². The first-order valence-corrected chi connectivity index (χ1v) is 7.85. The van der Waals surface area contributed by atoms with Crippen molar-refractivity contribution < 1.29 is 17.9 Å². The number of hydrogen-bond donors (Lipinski definition) is 2. The Morgan fingerprint density at radius 2 is 1.86 bits per heavy atom. The Bertz CT molecular complexity index is 670. The van der Waals surface area contributed by atoms with Gasteiger partial charge >= 0.3 is 0 Å². The lowest BCUT2D eigenvalue weighted by molar-refractivity contribution is -0.126. The fraction of sp³-hybridized carbons (Fsp3) is 0.385. The van der Waals surface area contributed by atoms with Crippen LogP contribution in [0.5, 0.6) is 0 Å². The third kappa shape index (κ3) is 3.39. The van der Waals surface area contributed by atoms with E-state index in [1.165, 1.54) is 24.3 Å². The summed E-state index contributed by atoms with van der Waals surface area (Å²) >= 11 is 0. The summed E-state index contributed by atoms with van der Waals surface area (Å²) in [7, 11) is -3.77. The normalized spacial score (nSPS) is 17.7. The predicted octanol–water partition coefficient (Wildman–Crippen LogP) is 0.593. The molecule has 1 saturated heterocycles. The van der Waals surface area contributed by atoms with E-state index in [0.29, 0.717) is 31.7 Å². The van der Waals surface area contributed by atoms with Gasteiger partial charge < -0.3 is 10.1 Å². The summed E-state index contributed by atoms with van der Waals surface area (Å²) in [5, 5.41) is 16.9. The molecule has 112 valence electrons. The summed E-state index contributed by atoms with van der Waals surface area (Å²) in [5.41, 5.74) is -0.690. The minimum atomic E-state index is -3.77. The SMILES string of the molecule is N#CC1(C(=O)Nc2ccc(S(N)(=O)=O)cc2)CCOCC1. The van der Waals surface area contributed by atoms with Gasteiger partial charge in [-0.05, 0) is 37.1 Å². The van der Waals surface area contributed by atoms with E-state index in [1.54, 1.807) is 0 Å². The molecule has 8 heteroatoms. The zero-order valence-corrected chi connectivity index (χ0v) is 12.0. The van der Waals surface area contributed by atoms with Crippen LogP contribution in [0.15, 0.2) is 29.2 Å². The quantitative estimate of drug-likeness (QED) is 0.846. The van der Waals surface area contributed by atoms with Gasteiger partial charge in [0, 0.05) is 18.9 Å². The van der Waals surface area contributed by atoms with Gasteiger partial charge in [0.2, 0.25) is 15.9 Å². The van der Waals surface area contributed by atoms with Gasteiger partial charge in [-0.3, -0.25) is 4.79 Å². The van der Waals surface area contributed by atoms with Crippen molar-refractivity contribution in [2.24, 2.45) is 10.6 Å². The van der Waals surface area contributed by atoms with E-state index >= 15 is 0 Å². The highest BCUT2D eigenvalue weighted by Gasteiger charge is 2.40. The van der Waals surface area contributed by atoms with Crippen LogP contribution in [0.25, 0.3) is 0 Å². The van der Waals surface area contributed by atoms with E-state index in [-0.39, 0.29) is 4.90 Å². The lowest BCUT2D eigenvalue weighted by atomic mass is 9.81. The summed E-state index contributed by atoms with van der Waals surface area (Å²) in [6.45, 7) is 0.733. The zero-order chi connectivity index (χ0) is 15.5. The number of carbonyl (C=O) groups is 1. The molecule has 21 heavy (non-hydrogen) atoms. The average molecular weight is 309 g/mol. The second-order valence-corrected chi connectivity index (χ2v) is 6.39. The number of benzene rings is 1. The Morgan fingerprint density at radius 1 is 1.29 bits per heavy atom. The van der Waals surface area contributed by atoms with Crippen molar-refractivity contribution in [1.82, 2.24) is 0 Å². The fourth-order valence-corrected chi connectivity index (χ4v) is 2.60. The third-order valence-electron chi connectivity index (χ3n) is 3.44. The number of nitrogens with two attached hydrogens (primary N) is 1. The topological polar surface area (TPSA) is 122 Å². The van der Waals surface area contributed by atoms with E-state index in [9.17, 15) is 18.5 Å². The molecule has 2 rings (SSSR count). The number of anilines is 1. The number of rotatable bonds is 3. The molecule has 1 amide bonds. The van der Waals surface area contributed by atoms with Crippen LogP contribution in [0.4, 0.5) is 5.69 Å². The molecular weight excluding hydrogens is 294 g/mol. The molecule has 0 unspecified atom stereocenters. The Morgan fingerprint density at radius 3 is 2.33 bits per heavy atom. The summed E-state index contributed by atoms with van der Waals surface area (Å²) in [5.74, 6) is -0.406. The monoisotopic (exact) mass is 309 g/mol. The molecule has 1 aliphatic heterocycles. The molecule has 0 saturated carbocycles. The minimum absolute atomic E-state index is 0.0402. The molecular formula is C13H15N3O4S. The average Bonchev–Trinajstić information content (AvgIpc) is 2.47. The number of nitriles is 1. The highest BCUT2D eigenvalue weighted by molar-refractivity contribution is 7.89. The van der Waals surface area contributed by atoms with Gasteiger partial charge in [-0.15, -0.1) is 0 Å². The molecule has 0 radical (unpaired) electrons. The van der Waals surface area contributed by atoms with Crippen molar-refractivity contribution in [2.45, 2.75) is 17.7 Å². The lowest BCUT2D eigenvalue weighted by Gasteiger charge is -2.29. The molecule has 0 bridgehead atoms. The van der Waals surface area contributed by atoms with E-state index in [4.69, 9.17) is 9.88 Å². The van der Waals surface area contributed by atoms with Crippen LogP contribution in [0.1, 0.15) is 12.8 Å². The van der Waals surface area contributed by atoms with Gasteiger partial charge in [0.05, 0.1) is 11.0 Å². The molecule has 0 aromatic heterocycles. The maximum atomic E-state index is 12.3. The number of carbonyl (C=O) groups excluding carboxylic acids is 1. The Balaban J connectivity index is 2.14. The van der Waals surface area contributed by atoms with Gasteiger partial charge in [0.1, 0.15) is 5.41 Å². The van der Waals surface area contributed by atoms with Gasteiger partial charge in [0.25, 0.3) is 0 Å². The lowest BCUT2D eigenvalue weighted by Crippen LogP contribution is -2.39. The van der Waals surface area contributed by atoms with Crippen molar-refractivity contribution in [3.05, 3.63) is 24.3 Å². The summed E-state index contributed by atoms with van der Waals surface area (Å²) in [6.07, 6.45) is 0.676. The Hall–Kier alpha value is -1.95. The van der Waals surface area contributed by atoms with Crippen molar-refractivity contribution in [2.75, 3.05) is 18.5 Å². The molecule has 1 fully saturated rings. The van der Waals surface area contributed by atoms with E-state index < -0.39 is 21.3 Å². The minimum Gasteiger partial charge on any atom is -0.381 e. The molecule has 1 aromatic rings. The van der Waals surface area contributed by atoms with Crippen molar-refractivity contribution >= 4 is 21.6 Å². The number of nitrogens with zero attached hydrogens (tertiary/aromatic N) is 1. The largest absolute Gasteiger partial charge is 0.381 e. The van der Waals surface area contributed by atoms with Gasteiger partial charge in [-0.25, -0.2) is 13.6 Å². The van der Waals surface area contributed by atoms with Crippen molar-refractivity contribution in [1.29, 1.82) is 5.26 Å². The Labute approximate surface area is 122 Å². The molecule has 0 aliphatic carbocycles. The highest BCUT2D eigenvalue weighted by atomic mass is 32.2. The molecule has 1 heterocycles. The standard InChI is InChI=1S/C13H15N3O4S/c14-9-13(5-7-20-8-6-13)12(17)16-10-1-3-11(4-2-10)21(15,18)19/h1-4H,5-8H2,(H,16,17)(H2,15,18,19). The van der Waals surface area contributed by atoms with Crippen molar-refractivity contribution in [3.63, 3.8) is 0 Å². The zero-order valence-electron chi connectivity index (χ0n) is 11.2. The first-order valence-electron chi connectivity index (χ1n) is 6.31. The smallest absolute Gasteiger partial charge is 0.245 e. The Kier molecular flexibility index (Phi) is 4.27. The summed E-state index contributed by atoms with van der Waals surface area (Å²) < 4.78 is 27.5. The maximum absolute atomic E-state index is 12.3. The summed E-state index contributed by atoms with van der Waals surface area (Å²) in [6, 6.07) is 7.53. The molecule has 7 nitrogen and oxygen atoms in total. The first kappa shape index (κ1) is 15.4. The second kappa shape index (κ2) is 5.81. The van der Waals surface area contributed by atoms with Crippen LogP contribution in [0.3, 0.4) is 0 Å². The molecule has 1 aliphatic rings. The van der Waals surface area contributed by atoms with Gasteiger partial charge in [0.15, 0.2) is 0 Å². The number of sulfonamides is 1. The van der Waals surface area contributed by atoms with Crippen LogP contribution in [0, 0.1) is 16.7 Å². The van der Waals surface area contributed by atoms with Crippen molar-refractivity contribution in [3.8, 4) is 6.07 Å². The van der Waals surface area contributed by atoms with E-state index in [0.717, 1.165) is 0 Å². The number of amides is 1. The van der Waals surface area contributed by atoms with Gasteiger partial charge in [-0.1, -0.05) is 0 Å². The molecule has 0 atom stereocenters. The number of ether oxygens (including phenoxy) is 1. The predicted molar refractivity (Wildman–Crippen MR) is 74.5 cm³/mol. The highest BCUT2D eigenvalue weighted by Crippen LogP contribution is 2.31.